The molecule has 5 heteroatoms. The van der Waals surface area contributed by atoms with E-state index in [9.17, 15) is 4.79 Å². The first-order valence-electron chi connectivity index (χ1n) is 9.23. The zero-order valence-electron chi connectivity index (χ0n) is 16.1. The second-order valence-electron chi connectivity index (χ2n) is 7.62. The minimum absolute atomic E-state index is 0. The van der Waals surface area contributed by atoms with Crippen LogP contribution in [-0.4, -0.2) is 30.4 Å². The minimum atomic E-state index is 0. The second kappa shape index (κ2) is 9.25. The van der Waals surface area contributed by atoms with Crippen LogP contribution >= 0.6 is 12.4 Å². The lowest BCUT2D eigenvalue weighted by Gasteiger charge is -2.22. The maximum absolute atomic E-state index is 12.6. The second-order valence-corrected chi connectivity index (χ2v) is 7.62. The van der Waals surface area contributed by atoms with Crippen molar-refractivity contribution in [1.82, 2.24) is 4.90 Å². The van der Waals surface area contributed by atoms with E-state index >= 15 is 0 Å². The molecule has 27 heavy (non-hydrogen) atoms. The average Bonchev–Trinajstić information content (AvgIpc) is 3.05. The number of hydrogen-bond acceptors (Lipinski definition) is 3. The Morgan fingerprint density at radius 1 is 1.22 bits per heavy atom. The van der Waals surface area contributed by atoms with Crippen LogP contribution in [0.2, 0.25) is 0 Å². The summed E-state index contributed by atoms with van der Waals surface area (Å²) >= 11 is 0. The molecule has 0 aromatic heterocycles. The summed E-state index contributed by atoms with van der Waals surface area (Å²) in [6.45, 7) is 6.95. The zero-order chi connectivity index (χ0) is 18.6. The third-order valence-electron chi connectivity index (χ3n) is 5.31. The number of ether oxygens (including phenoxy) is 1. The summed E-state index contributed by atoms with van der Waals surface area (Å²) in [6.07, 6.45) is 1.39. The molecule has 1 saturated heterocycles. The number of nitrogens with zero attached hydrogens (tertiary/aromatic N) is 1. The predicted octanol–water partition coefficient (Wildman–Crippen LogP) is 3.74. The SMILES string of the molecule is Cc1ccccc1COc1cccc(CC(=O)N2CCC(C)(CN)C2)c1.Cl. The zero-order valence-corrected chi connectivity index (χ0v) is 16.9. The van der Waals surface area contributed by atoms with Gasteiger partial charge in [0.2, 0.25) is 5.91 Å². The molecule has 1 unspecified atom stereocenters. The van der Waals surface area contributed by atoms with Crippen LogP contribution in [0.3, 0.4) is 0 Å². The number of benzene rings is 2. The number of carbonyl (C=O) groups excluding carboxylic acids is 1. The molecule has 1 aliphatic heterocycles. The van der Waals surface area contributed by atoms with E-state index in [-0.39, 0.29) is 23.7 Å². The molecule has 0 saturated carbocycles. The molecule has 4 nitrogen and oxygen atoms in total. The van der Waals surface area contributed by atoms with Gasteiger partial charge < -0.3 is 15.4 Å². The lowest BCUT2D eigenvalue weighted by Crippen LogP contribution is -2.35. The van der Waals surface area contributed by atoms with Crippen molar-refractivity contribution in [3.8, 4) is 5.75 Å². The van der Waals surface area contributed by atoms with Gasteiger partial charge in [-0.2, -0.15) is 0 Å². The van der Waals surface area contributed by atoms with Crippen molar-refractivity contribution in [3.05, 3.63) is 65.2 Å². The highest BCUT2D eigenvalue weighted by Crippen LogP contribution is 2.29. The smallest absolute Gasteiger partial charge is 0.227 e. The van der Waals surface area contributed by atoms with Crippen LogP contribution in [0.5, 0.6) is 5.75 Å². The average molecular weight is 389 g/mol. The van der Waals surface area contributed by atoms with Crippen molar-refractivity contribution in [1.29, 1.82) is 0 Å². The van der Waals surface area contributed by atoms with Crippen LogP contribution in [-0.2, 0) is 17.8 Å². The number of likely N-dealkylation sites (tertiary alicyclic amines) is 1. The maximum Gasteiger partial charge on any atom is 0.227 e. The Bertz CT molecular complexity index is 780. The number of hydrogen-bond donors (Lipinski definition) is 1. The van der Waals surface area contributed by atoms with Gasteiger partial charge in [0.1, 0.15) is 12.4 Å². The van der Waals surface area contributed by atoms with Crippen LogP contribution < -0.4 is 10.5 Å². The van der Waals surface area contributed by atoms with Gasteiger partial charge in [0, 0.05) is 13.1 Å². The molecule has 1 amide bonds. The van der Waals surface area contributed by atoms with Gasteiger partial charge in [-0.15, -0.1) is 12.4 Å². The monoisotopic (exact) mass is 388 g/mol. The summed E-state index contributed by atoms with van der Waals surface area (Å²) in [5.41, 5.74) is 9.28. The molecule has 2 aromatic carbocycles. The number of nitrogens with two attached hydrogens (primary N) is 1. The predicted molar refractivity (Wildman–Crippen MR) is 111 cm³/mol. The van der Waals surface area contributed by atoms with Gasteiger partial charge in [-0.3, -0.25) is 4.79 Å². The van der Waals surface area contributed by atoms with Crippen molar-refractivity contribution in [2.24, 2.45) is 11.1 Å². The fourth-order valence-corrected chi connectivity index (χ4v) is 3.37. The number of aryl methyl sites for hydroxylation is 1. The Balaban J connectivity index is 0.00000261. The molecular formula is C22H29ClN2O2. The van der Waals surface area contributed by atoms with Crippen LogP contribution in [0.1, 0.15) is 30.0 Å². The summed E-state index contributed by atoms with van der Waals surface area (Å²) in [4.78, 5) is 14.5. The first-order valence-corrected chi connectivity index (χ1v) is 9.23. The molecule has 2 N–H and O–H groups in total. The van der Waals surface area contributed by atoms with Gasteiger partial charge >= 0.3 is 0 Å². The molecule has 1 fully saturated rings. The van der Waals surface area contributed by atoms with Gasteiger partial charge in [0.05, 0.1) is 6.42 Å². The minimum Gasteiger partial charge on any atom is -0.489 e. The van der Waals surface area contributed by atoms with Crippen LogP contribution in [0.15, 0.2) is 48.5 Å². The Kier molecular flexibility index (Phi) is 7.28. The van der Waals surface area contributed by atoms with Gasteiger partial charge in [-0.25, -0.2) is 0 Å². The van der Waals surface area contributed by atoms with E-state index < -0.39 is 0 Å². The summed E-state index contributed by atoms with van der Waals surface area (Å²) in [6, 6.07) is 16.0. The summed E-state index contributed by atoms with van der Waals surface area (Å²) in [5.74, 6) is 0.963. The summed E-state index contributed by atoms with van der Waals surface area (Å²) in [5, 5.41) is 0. The summed E-state index contributed by atoms with van der Waals surface area (Å²) in [7, 11) is 0. The quantitative estimate of drug-likeness (QED) is 0.820. The fourth-order valence-electron chi connectivity index (χ4n) is 3.37. The molecule has 0 aliphatic carbocycles. The molecule has 0 radical (unpaired) electrons. The van der Waals surface area contributed by atoms with E-state index in [0.717, 1.165) is 30.8 Å². The van der Waals surface area contributed by atoms with E-state index in [1.165, 1.54) is 11.1 Å². The Hall–Kier alpha value is -2.04. The van der Waals surface area contributed by atoms with Crippen LogP contribution in [0.25, 0.3) is 0 Å². The maximum atomic E-state index is 12.6. The Labute approximate surface area is 168 Å². The first-order chi connectivity index (χ1) is 12.5. The molecule has 1 atom stereocenters. The molecule has 146 valence electrons. The van der Waals surface area contributed by atoms with E-state index in [1.807, 2.05) is 41.3 Å². The lowest BCUT2D eigenvalue weighted by atomic mass is 9.90. The highest BCUT2D eigenvalue weighted by molar-refractivity contribution is 5.85. The molecule has 0 spiro atoms. The number of carbonyl (C=O) groups is 1. The van der Waals surface area contributed by atoms with E-state index in [0.29, 0.717) is 19.6 Å². The molecular weight excluding hydrogens is 360 g/mol. The van der Waals surface area contributed by atoms with E-state index in [4.69, 9.17) is 10.5 Å². The van der Waals surface area contributed by atoms with Crippen molar-refractivity contribution < 1.29 is 9.53 Å². The highest BCUT2D eigenvalue weighted by Gasteiger charge is 2.34. The Morgan fingerprint density at radius 3 is 2.70 bits per heavy atom. The number of rotatable bonds is 6. The molecule has 0 bridgehead atoms. The molecule has 3 rings (SSSR count). The molecule has 1 heterocycles. The normalized spacial score (nSPS) is 18.9. The largest absolute Gasteiger partial charge is 0.489 e. The highest BCUT2D eigenvalue weighted by atomic mass is 35.5. The van der Waals surface area contributed by atoms with Crippen LogP contribution in [0, 0.1) is 12.3 Å². The van der Waals surface area contributed by atoms with E-state index in [1.54, 1.807) is 0 Å². The van der Waals surface area contributed by atoms with E-state index in [2.05, 4.69) is 26.0 Å². The van der Waals surface area contributed by atoms with Crippen molar-refractivity contribution in [3.63, 3.8) is 0 Å². The van der Waals surface area contributed by atoms with Crippen molar-refractivity contribution in [2.45, 2.75) is 33.3 Å². The van der Waals surface area contributed by atoms with Gasteiger partial charge in [0.25, 0.3) is 0 Å². The summed E-state index contributed by atoms with van der Waals surface area (Å²) < 4.78 is 5.93. The van der Waals surface area contributed by atoms with Crippen LogP contribution in [0.4, 0.5) is 0 Å². The standard InChI is InChI=1S/C22H28N2O2.ClH/c1-17-6-3-4-8-19(17)14-26-20-9-5-7-18(12-20)13-21(25)24-11-10-22(2,15-23)16-24;/h3-9,12H,10-11,13-16,23H2,1-2H3;1H. The van der Waals surface area contributed by atoms with Gasteiger partial charge in [-0.05, 0) is 54.1 Å². The molecule has 1 aliphatic rings. The Morgan fingerprint density at radius 2 is 2.00 bits per heavy atom. The molecule has 2 aromatic rings. The number of amides is 1. The third kappa shape index (κ3) is 5.47. The third-order valence-corrected chi connectivity index (χ3v) is 5.31. The van der Waals surface area contributed by atoms with Gasteiger partial charge in [0.15, 0.2) is 0 Å². The van der Waals surface area contributed by atoms with Gasteiger partial charge in [-0.1, -0.05) is 43.3 Å². The fraction of sp³-hybridized carbons (Fsp3) is 0.409. The topological polar surface area (TPSA) is 55.6 Å². The van der Waals surface area contributed by atoms with Crippen molar-refractivity contribution >= 4 is 18.3 Å². The number of halogens is 1. The first kappa shape index (κ1) is 21.3. The lowest BCUT2D eigenvalue weighted by molar-refractivity contribution is -0.129. The van der Waals surface area contributed by atoms with Crippen molar-refractivity contribution in [2.75, 3.05) is 19.6 Å².